The average molecular weight is 249 g/mol. The van der Waals surface area contributed by atoms with Crippen LogP contribution in [-0.4, -0.2) is 23.0 Å². The Labute approximate surface area is 107 Å². The monoisotopic (exact) mass is 249 g/mol. The molecule has 4 N–H and O–H groups in total. The van der Waals surface area contributed by atoms with Crippen molar-refractivity contribution in [1.29, 1.82) is 0 Å². The van der Waals surface area contributed by atoms with Crippen LogP contribution in [0, 0.1) is 0 Å². The van der Waals surface area contributed by atoms with Crippen molar-refractivity contribution in [3.8, 4) is 5.88 Å². The Kier molecular flexibility index (Phi) is 4.15. The molecule has 1 amide bonds. The van der Waals surface area contributed by atoms with Crippen LogP contribution in [0.3, 0.4) is 0 Å². The third-order valence-electron chi connectivity index (χ3n) is 3.30. The van der Waals surface area contributed by atoms with Crippen LogP contribution in [0.1, 0.15) is 42.5 Å². The Morgan fingerprint density at radius 1 is 1.33 bits per heavy atom. The van der Waals surface area contributed by atoms with Gasteiger partial charge in [-0.05, 0) is 31.4 Å². The van der Waals surface area contributed by atoms with E-state index in [1.54, 1.807) is 18.3 Å². The lowest BCUT2D eigenvalue weighted by Gasteiger charge is -2.22. The third-order valence-corrected chi connectivity index (χ3v) is 3.30. The Hall–Kier alpha value is -1.62. The number of rotatable bonds is 3. The molecule has 0 aromatic carbocycles. The van der Waals surface area contributed by atoms with Crippen LogP contribution in [0.4, 0.5) is 0 Å². The Bertz CT molecular complexity index is 422. The molecule has 0 aliphatic heterocycles. The molecule has 0 radical (unpaired) electrons. The van der Waals surface area contributed by atoms with Crippen LogP contribution in [-0.2, 0) is 0 Å². The first kappa shape index (κ1) is 12.8. The lowest BCUT2D eigenvalue weighted by molar-refractivity contribution is 0.0986. The highest BCUT2D eigenvalue weighted by molar-refractivity contribution is 5.94. The molecule has 1 aliphatic carbocycles. The minimum Gasteiger partial charge on any atom is -0.472 e. The number of ether oxygens (including phenoxy) is 1. The quantitative estimate of drug-likeness (QED) is 0.788. The van der Waals surface area contributed by atoms with E-state index in [0.717, 1.165) is 25.7 Å². The highest BCUT2D eigenvalue weighted by Crippen LogP contribution is 2.23. The van der Waals surface area contributed by atoms with E-state index in [1.165, 1.54) is 6.42 Å². The van der Waals surface area contributed by atoms with E-state index in [2.05, 4.69) is 4.98 Å². The molecule has 5 heteroatoms. The summed E-state index contributed by atoms with van der Waals surface area (Å²) in [5.74, 6) is -0.229. The van der Waals surface area contributed by atoms with Crippen molar-refractivity contribution in [2.75, 3.05) is 0 Å². The van der Waals surface area contributed by atoms with E-state index < -0.39 is 5.91 Å². The lowest BCUT2D eigenvalue weighted by atomic mass is 10.1. The van der Waals surface area contributed by atoms with Gasteiger partial charge in [-0.25, -0.2) is 4.98 Å². The number of hydrogen-bond donors (Lipinski definition) is 2. The number of amides is 1. The molecule has 0 saturated heterocycles. The van der Waals surface area contributed by atoms with Crippen LogP contribution in [0.15, 0.2) is 18.3 Å². The summed E-state index contributed by atoms with van der Waals surface area (Å²) in [7, 11) is 0. The molecular weight excluding hydrogens is 230 g/mol. The van der Waals surface area contributed by atoms with Gasteiger partial charge >= 0.3 is 0 Å². The molecule has 2 unspecified atom stereocenters. The van der Waals surface area contributed by atoms with E-state index in [9.17, 15) is 4.79 Å². The highest BCUT2D eigenvalue weighted by atomic mass is 16.5. The third kappa shape index (κ3) is 2.98. The molecule has 5 nitrogen and oxygen atoms in total. The number of aromatic nitrogens is 1. The predicted octanol–water partition coefficient (Wildman–Crippen LogP) is 1.22. The molecule has 2 rings (SSSR count). The van der Waals surface area contributed by atoms with Crippen molar-refractivity contribution in [2.45, 2.75) is 44.2 Å². The smallest absolute Gasteiger partial charge is 0.254 e. The number of pyridine rings is 1. The van der Waals surface area contributed by atoms with Gasteiger partial charge in [0.25, 0.3) is 5.91 Å². The number of primary amides is 1. The van der Waals surface area contributed by atoms with Gasteiger partial charge in [-0.15, -0.1) is 0 Å². The topological polar surface area (TPSA) is 91.2 Å². The minimum atomic E-state index is -0.528. The zero-order valence-electron chi connectivity index (χ0n) is 10.3. The summed E-state index contributed by atoms with van der Waals surface area (Å²) >= 11 is 0. The van der Waals surface area contributed by atoms with Crippen molar-refractivity contribution in [2.24, 2.45) is 11.5 Å². The van der Waals surface area contributed by atoms with Gasteiger partial charge in [0.15, 0.2) is 0 Å². The maximum Gasteiger partial charge on any atom is 0.254 e. The number of nitrogens with two attached hydrogens (primary N) is 2. The zero-order valence-corrected chi connectivity index (χ0v) is 10.3. The fourth-order valence-corrected chi connectivity index (χ4v) is 2.26. The van der Waals surface area contributed by atoms with Gasteiger partial charge in [0.1, 0.15) is 11.7 Å². The lowest BCUT2D eigenvalue weighted by Crippen LogP contribution is -2.38. The molecule has 1 aromatic rings. The van der Waals surface area contributed by atoms with Crippen molar-refractivity contribution >= 4 is 5.91 Å². The van der Waals surface area contributed by atoms with Gasteiger partial charge in [-0.2, -0.15) is 0 Å². The molecule has 1 saturated carbocycles. The molecule has 1 aliphatic rings. The predicted molar refractivity (Wildman–Crippen MR) is 68.2 cm³/mol. The van der Waals surface area contributed by atoms with Crippen molar-refractivity contribution in [3.05, 3.63) is 23.9 Å². The van der Waals surface area contributed by atoms with E-state index in [1.807, 2.05) is 0 Å². The van der Waals surface area contributed by atoms with Gasteiger partial charge in [0, 0.05) is 12.2 Å². The van der Waals surface area contributed by atoms with Gasteiger partial charge in [0.2, 0.25) is 5.88 Å². The summed E-state index contributed by atoms with van der Waals surface area (Å²) in [6.45, 7) is 0. The largest absolute Gasteiger partial charge is 0.472 e. The number of nitrogens with zero attached hydrogens (tertiary/aromatic N) is 1. The molecule has 18 heavy (non-hydrogen) atoms. The van der Waals surface area contributed by atoms with Gasteiger partial charge < -0.3 is 16.2 Å². The van der Waals surface area contributed by atoms with Crippen LogP contribution in [0.25, 0.3) is 0 Å². The number of carbonyl (C=O) groups excluding carboxylic acids is 1. The molecule has 1 heterocycles. The molecule has 1 aromatic heterocycles. The average Bonchev–Trinajstić information content (AvgIpc) is 2.55. The first-order chi connectivity index (χ1) is 8.68. The van der Waals surface area contributed by atoms with Crippen LogP contribution in [0.5, 0.6) is 5.88 Å². The van der Waals surface area contributed by atoms with Crippen LogP contribution < -0.4 is 16.2 Å². The second-order valence-electron chi connectivity index (χ2n) is 4.68. The summed E-state index contributed by atoms with van der Waals surface area (Å²) in [6.07, 6.45) is 6.76. The molecule has 0 spiro atoms. The highest BCUT2D eigenvalue weighted by Gasteiger charge is 2.24. The Balaban J connectivity index is 2.14. The summed E-state index contributed by atoms with van der Waals surface area (Å²) in [5, 5.41) is 0. The zero-order chi connectivity index (χ0) is 13.0. The summed E-state index contributed by atoms with van der Waals surface area (Å²) in [5.41, 5.74) is 11.7. The maximum absolute atomic E-state index is 11.3. The number of hydrogen-bond acceptors (Lipinski definition) is 4. The van der Waals surface area contributed by atoms with Crippen LogP contribution in [0.2, 0.25) is 0 Å². The van der Waals surface area contributed by atoms with Gasteiger partial charge in [0.05, 0.1) is 0 Å². The second-order valence-corrected chi connectivity index (χ2v) is 4.68. The fraction of sp³-hybridized carbons (Fsp3) is 0.538. The van der Waals surface area contributed by atoms with Crippen molar-refractivity contribution in [1.82, 2.24) is 4.98 Å². The Morgan fingerprint density at radius 3 is 2.89 bits per heavy atom. The number of carbonyl (C=O) groups is 1. The summed E-state index contributed by atoms with van der Waals surface area (Å²) in [4.78, 5) is 15.4. The normalized spacial score (nSPS) is 24.3. The fourth-order valence-electron chi connectivity index (χ4n) is 2.26. The second kappa shape index (κ2) is 5.82. The molecule has 1 fully saturated rings. The van der Waals surface area contributed by atoms with Gasteiger partial charge in [-0.1, -0.05) is 12.8 Å². The van der Waals surface area contributed by atoms with E-state index in [0.29, 0.717) is 11.4 Å². The van der Waals surface area contributed by atoms with E-state index in [-0.39, 0.29) is 12.1 Å². The summed E-state index contributed by atoms with van der Waals surface area (Å²) in [6, 6.07) is 3.28. The molecule has 2 atom stereocenters. The molecule has 98 valence electrons. The maximum atomic E-state index is 11.3. The van der Waals surface area contributed by atoms with Crippen molar-refractivity contribution in [3.63, 3.8) is 0 Å². The first-order valence-corrected chi connectivity index (χ1v) is 6.35. The van der Waals surface area contributed by atoms with Crippen molar-refractivity contribution < 1.29 is 9.53 Å². The van der Waals surface area contributed by atoms with Crippen LogP contribution >= 0.6 is 0 Å². The minimum absolute atomic E-state index is 0.00441. The van der Waals surface area contributed by atoms with E-state index >= 15 is 0 Å². The Morgan fingerprint density at radius 2 is 2.11 bits per heavy atom. The molecule has 0 bridgehead atoms. The standard InChI is InChI=1S/C13H19N3O2/c14-10-6-2-1-3-7-11(10)18-13-9(12(15)17)5-4-8-16-13/h4-5,8,10-11H,1-3,6-7,14H2,(H2,15,17). The SMILES string of the molecule is NC(=O)c1cccnc1OC1CCCCCC1N. The summed E-state index contributed by atoms with van der Waals surface area (Å²) < 4.78 is 5.80. The first-order valence-electron chi connectivity index (χ1n) is 6.35. The van der Waals surface area contributed by atoms with Gasteiger partial charge in [-0.3, -0.25) is 4.79 Å². The van der Waals surface area contributed by atoms with E-state index in [4.69, 9.17) is 16.2 Å². The molecular formula is C13H19N3O2.